The summed E-state index contributed by atoms with van der Waals surface area (Å²) in [5.41, 5.74) is 3.13. The van der Waals surface area contributed by atoms with Gasteiger partial charge in [-0.15, -0.1) is 0 Å². The summed E-state index contributed by atoms with van der Waals surface area (Å²) in [6.45, 7) is 12.8. The van der Waals surface area contributed by atoms with Gasteiger partial charge in [-0.05, 0) is 60.5 Å². The van der Waals surface area contributed by atoms with Crippen LogP contribution in [0.4, 0.5) is 10.7 Å². The summed E-state index contributed by atoms with van der Waals surface area (Å²) in [5.74, 6) is 1.97. The molecule has 236 valence electrons. The van der Waals surface area contributed by atoms with Gasteiger partial charge in [-0.1, -0.05) is 37.6 Å². The molecule has 0 saturated carbocycles. The van der Waals surface area contributed by atoms with Crippen LogP contribution in [0.1, 0.15) is 42.7 Å². The number of carbonyl (C=O) groups is 1. The number of hydrogen-bond donors (Lipinski definition) is 1. The van der Waals surface area contributed by atoms with Gasteiger partial charge >= 0.3 is 6.09 Å². The maximum absolute atomic E-state index is 11.0. The molecule has 3 aliphatic rings. The number of aromatic nitrogens is 2. The first-order chi connectivity index (χ1) is 21.7. The highest BCUT2D eigenvalue weighted by atomic mass is 35.5. The van der Waals surface area contributed by atoms with E-state index < -0.39 is 6.09 Å². The number of piperazine rings is 1. The highest BCUT2D eigenvalue weighted by molar-refractivity contribution is 6.30. The van der Waals surface area contributed by atoms with Crippen LogP contribution in [0.2, 0.25) is 5.02 Å². The molecule has 1 amide bonds. The van der Waals surface area contributed by atoms with Crippen molar-refractivity contribution in [2.45, 2.75) is 38.3 Å². The second-order valence-corrected chi connectivity index (χ2v) is 13.3. The maximum Gasteiger partial charge on any atom is 0.407 e. The molecule has 2 aromatic carbocycles. The monoisotopic (exact) mass is 629 g/mol. The van der Waals surface area contributed by atoms with Gasteiger partial charge in [0, 0.05) is 81.0 Å². The van der Waals surface area contributed by atoms with Crippen LogP contribution in [-0.2, 0) is 12.0 Å². The Hall–Kier alpha value is -3.91. The minimum absolute atomic E-state index is 0.334. The zero-order valence-electron chi connectivity index (χ0n) is 25.9. The van der Waals surface area contributed by atoms with E-state index in [1.54, 1.807) is 12.3 Å². The Morgan fingerprint density at radius 3 is 2.51 bits per heavy atom. The Labute approximate surface area is 269 Å². The average Bonchev–Trinajstić information content (AvgIpc) is 3.50. The first-order valence-corrected chi connectivity index (χ1v) is 16.0. The fourth-order valence-electron chi connectivity index (χ4n) is 6.69. The van der Waals surface area contributed by atoms with Crippen molar-refractivity contribution in [1.82, 2.24) is 24.7 Å². The number of rotatable bonds is 9. The summed E-state index contributed by atoms with van der Waals surface area (Å²) in [6.07, 6.45) is 2.17. The summed E-state index contributed by atoms with van der Waals surface area (Å²) in [4.78, 5) is 29.3. The van der Waals surface area contributed by atoms with Crippen LogP contribution in [0.15, 0.2) is 54.7 Å². The number of nitrogens with zero attached hydrogens (tertiary/aromatic N) is 7. The van der Waals surface area contributed by atoms with Crippen molar-refractivity contribution >= 4 is 23.6 Å². The number of benzene rings is 2. The fourth-order valence-corrected chi connectivity index (χ4v) is 6.93. The quantitative estimate of drug-likeness (QED) is 0.360. The molecule has 6 rings (SSSR count). The predicted molar refractivity (Wildman–Crippen MR) is 173 cm³/mol. The van der Waals surface area contributed by atoms with Gasteiger partial charge in [-0.2, -0.15) is 5.26 Å². The summed E-state index contributed by atoms with van der Waals surface area (Å²) >= 11 is 6.27. The van der Waals surface area contributed by atoms with E-state index >= 15 is 0 Å². The first kappa shape index (κ1) is 31.1. The van der Waals surface area contributed by atoms with E-state index in [-0.39, 0.29) is 5.41 Å². The Balaban J connectivity index is 0.979. The van der Waals surface area contributed by atoms with Gasteiger partial charge in [-0.3, -0.25) is 4.90 Å². The van der Waals surface area contributed by atoms with Gasteiger partial charge in [0.15, 0.2) is 0 Å². The van der Waals surface area contributed by atoms with Crippen molar-refractivity contribution in [2.75, 3.05) is 63.8 Å². The topological polar surface area (TPSA) is 109 Å². The van der Waals surface area contributed by atoms with Gasteiger partial charge in [0.05, 0.1) is 17.3 Å². The minimum Gasteiger partial charge on any atom is -0.487 e. The lowest BCUT2D eigenvalue weighted by Crippen LogP contribution is -2.54. The molecule has 1 unspecified atom stereocenters. The Bertz CT molecular complexity index is 1550. The molecule has 3 fully saturated rings. The molecule has 1 N–H and O–H groups in total. The zero-order valence-corrected chi connectivity index (χ0v) is 26.7. The summed E-state index contributed by atoms with van der Waals surface area (Å²) < 4.78 is 6.10. The number of ether oxygens (including phenoxy) is 1. The van der Waals surface area contributed by atoms with Crippen molar-refractivity contribution in [3.63, 3.8) is 0 Å². The van der Waals surface area contributed by atoms with E-state index in [1.807, 2.05) is 30.3 Å². The van der Waals surface area contributed by atoms with Gasteiger partial charge < -0.3 is 24.5 Å². The number of nitriles is 1. The fraction of sp³-hybridized carbons (Fsp3) is 0.471. The highest BCUT2D eigenvalue weighted by Crippen LogP contribution is 2.34. The van der Waals surface area contributed by atoms with Crippen LogP contribution in [0.3, 0.4) is 0 Å². The third-order valence-electron chi connectivity index (χ3n) is 9.52. The normalized spacial score (nSPS) is 19.7. The lowest BCUT2D eigenvalue weighted by Gasteiger charge is -2.40. The predicted octanol–water partition coefficient (Wildman–Crippen LogP) is 4.71. The van der Waals surface area contributed by atoms with E-state index in [0.29, 0.717) is 42.2 Å². The Morgan fingerprint density at radius 1 is 1.04 bits per heavy atom. The van der Waals surface area contributed by atoms with E-state index in [9.17, 15) is 10.1 Å². The Kier molecular flexibility index (Phi) is 9.13. The SMILES string of the molecule is CC(C)(c1ccc(OCc2ccnc(N3CCN(C4CCN(CC5CN(C(=O)O)C5)C4)CC3)n2)cc1)c1cc(Cl)cc(C#N)c1. The summed E-state index contributed by atoms with van der Waals surface area (Å²) in [7, 11) is 0. The molecule has 3 aromatic rings. The molecular weight excluding hydrogens is 590 g/mol. The molecule has 11 heteroatoms. The summed E-state index contributed by atoms with van der Waals surface area (Å²) in [5, 5.41) is 19.0. The first-order valence-electron chi connectivity index (χ1n) is 15.6. The molecule has 1 atom stereocenters. The second kappa shape index (κ2) is 13.2. The average molecular weight is 630 g/mol. The molecule has 1 aromatic heterocycles. The second-order valence-electron chi connectivity index (χ2n) is 12.9. The van der Waals surface area contributed by atoms with Crippen LogP contribution in [-0.4, -0.2) is 101 Å². The molecule has 45 heavy (non-hydrogen) atoms. The van der Waals surface area contributed by atoms with Crippen molar-refractivity contribution in [2.24, 2.45) is 5.92 Å². The lowest BCUT2D eigenvalue weighted by molar-refractivity contribution is 0.0644. The van der Waals surface area contributed by atoms with Crippen LogP contribution in [0, 0.1) is 17.2 Å². The van der Waals surface area contributed by atoms with Gasteiger partial charge in [-0.25, -0.2) is 14.8 Å². The van der Waals surface area contributed by atoms with Crippen molar-refractivity contribution in [3.05, 3.63) is 82.1 Å². The molecule has 0 spiro atoms. The lowest BCUT2D eigenvalue weighted by atomic mass is 9.78. The highest BCUT2D eigenvalue weighted by Gasteiger charge is 2.35. The smallest absolute Gasteiger partial charge is 0.407 e. The van der Waals surface area contributed by atoms with Gasteiger partial charge in [0.1, 0.15) is 12.4 Å². The van der Waals surface area contributed by atoms with Crippen LogP contribution in [0.5, 0.6) is 5.75 Å². The largest absolute Gasteiger partial charge is 0.487 e. The molecule has 0 radical (unpaired) electrons. The Morgan fingerprint density at radius 2 is 1.80 bits per heavy atom. The standard InChI is InChI=1S/C34H40ClN7O3/c1-34(2,27-15-24(18-36)16-28(35)17-27)26-3-5-31(6-4-26)45-23-29-7-9-37-32(38-29)41-13-11-40(12-14-41)30-8-10-39(22-30)19-25-20-42(21-25)33(43)44/h3-7,9,15-17,25,30H,8,10-14,19-23H2,1-2H3,(H,43,44). The molecule has 3 aliphatic heterocycles. The molecule has 0 bridgehead atoms. The third-order valence-corrected chi connectivity index (χ3v) is 9.74. The number of halogens is 1. The van der Waals surface area contributed by atoms with E-state index in [4.69, 9.17) is 26.4 Å². The number of hydrogen-bond acceptors (Lipinski definition) is 8. The molecule has 3 saturated heterocycles. The number of anilines is 1. The van der Waals surface area contributed by atoms with E-state index in [2.05, 4.69) is 51.7 Å². The molecule has 4 heterocycles. The maximum atomic E-state index is 11.0. The van der Waals surface area contributed by atoms with Crippen LogP contribution < -0.4 is 9.64 Å². The van der Waals surface area contributed by atoms with Gasteiger partial charge in [0.2, 0.25) is 5.95 Å². The van der Waals surface area contributed by atoms with Crippen LogP contribution >= 0.6 is 11.6 Å². The van der Waals surface area contributed by atoms with E-state index in [0.717, 1.165) is 74.3 Å². The summed E-state index contributed by atoms with van der Waals surface area (Å²) in [6, 6.07) is 18.2. The van der Waals surface area contributed by atoms with E-state index in [1.165, 1.54) is 11.3 Å². The molecule has 10 nitrogen and oxygen atoms in total. The molecular formula is C34H40ClN7O3. The van der Waals surface area contributed by atoms with Crippen molar-refractivity contribution in [3.8, 4) is 11.8 Å². The van der Waals surface area contributed by atoms with Crippen molar-refractivity contribution in [1.29, 1.82) is 5.26 Å². The minimum atomic E-state index is -0.802. The van der Waals surface area contributed by atoms with Crippen LogP contribution in [0.25, 0.3) is 0 Å². The number of carboxylic acid groups (broad SMARTS) is 1. The van der Waals surface area contributed by atoms with Gasteiger partial charge in [0.25, 0.3) is 0 Å². The third kappa shape index (κ3) is 7.17. The number of likely N-dealkylation sites (tertiary alicyclic amines) is 2. The van der Waals surface area contributed by atoms with Crippen molar-refractivity contribution < 1.29 is 14.6 Å². The molecule has 0 aliphatic carbocycles. The number of amides is 1. The zero-order chi connectivity index (χ0) is 31.6.